The van der Waals surface area contributed by atoms with Crippen LogP contribution in [0, 0.1) is 0 Å². The lowest BCUT2D eigenvalue weighted by Gasteiger charge is -1.94. The zero-order valence-corrected chi connectivity index (χ0v) is 14.6. The van der Waals surface area contributed by atoms with Crippen LogP contribution < -0.4 is 20.6 Å². The van der Waals surface area contributed by atoms with E-state index in [1.165, 1.54) is 15.6 Å². The molecule has 142 valence electrons. The van der Waals surface area contributed by atoms with E-state index in [-0.39, 0.29) is 17.5 Å². The summed E-state index contributed by atoms with van der Waals surface area (Å²) in [5.41, 5.74) is 0.923. The molecule has 29 heavy (non-hydrogen) atoms. The molecule has 0 saturated carbocycles. The van der Waals surface area contributed by atoms with Crippen LogP contribution in [0.15, 0.2) is 83.8 Å². The van der Waals surface area contributed by atoms with Gasteiger partial charge in [-0.15, -0.1) is 10.2 Å². The standard InChI is InChI=1S/C18H10N6O5/c25-14-10-23(21-28-14)12-8-6-11(7-9-12)16-19-20-17(27-16)15-18(26)29-22-24(15)13-4-2-1-3-5-13/h1-10H/p+2. The Morgan fingerprint density at radius 3 is 2.28 bits per heavy atom. The minimum absolute atomic E-state index is 0.0106. The van der Waals surface area contributed by atoms with Crippen LogP contribution >= 0.6 is 0 Å². The van der Waals surface area contributed by atoms with Crippen LogP contribution in [0.2, 0.25) is 0 Å². The molecule has 0 fully saturated rings. The Hall–Kier alpha value is -4.54. The lowest BCUT2D eigenvalue weighted by molar-refractivity contribution is -0.670. The quantitative estimate of drug-likeness (QED) is 0.425. The molecule has 0 radical (unpaired) electrons. The van der Waals surface area contributed by atoms with E-state index in [0.29, 0.717) is 16.9 Å². The van der Waals surface area contributed by atoms with Crippen molar-refractivity contribution in [1.29, 1.82) is 0 Å². The molecule has 0 aliphatic rings. The first-order valence-corrected chi connectivity index (χ1v) is 8.43. The minimum Gasteiger partial charge on any atom is -0.411 e. The number of nitrogens with zero attached hydrogens (tertiary/aromatic N) is 4. The minimum atomic E-state index is -0.639. The van der Waals surface area contributed by atoms with Crippen molar-refractivity contribution in [2.45, 2.75) is 0 Å². The summed E-state index contributed by atoms with van der Waals surface area (Å²) in [5.74, 6) is 0.230. The predicted molar refractivity (Wildman–Crippen MR) is 94.0 cm³/mol. The Morgan fingerprint density at radius 2 is 1.55 bits per heavy atom. The predicted octanol–water partition coefficient (Wildman–Crippen LogP) is 0.520. The average molecular weight is 392 g/mol. The molecular formula is C18H12N6O5+2. The second-order valence-electron chi connectivity index (χ2n) is 5.97. The molecule has 0 aliphatic heterocycles. The summed E-state index contributed by atoms with van der Waals surface area (Å²) in [6, 6.07) is 16.0. The number of aromatic nitrogens is 6. The van der Waals surface area contributed by atoms with Gasteiger partial charge in [0.05, 0.1) is 0 Å². The first-order valence-electron chi connectivity index (χ1n) is 8.43. The van der Waals surface area contributed by atoms with E-state index >= 15 is 0 Å². The Labute approximate surface area is 160 Å². The van der Waals surface area contributed by atoms with E-state index in [0.717, 1.165) is 0 Å². The van der Waals surface area contributed by atoms with Gasteiger partial charge in [0.15, 0.2) is 0 Å². The number of hydrogen-bond donors (Lipinski definition) is 2. The zero-order chi connectivity index (χ0) is 19.8. The molecule has 11 heteroatoms. The largest absolute Gasteiger partial charge is 0.441 e. The molecule has 0 spiro atoms. The Balaban J connectivity index is 1.50. The Bertz CT molecular complexity index is 1390. The van der Waals surface area contributed by atoms with Gasteiger partial charge in [0.25, 0.3) is 6.20 Å². The van der Waals surface area contributed by atoms with E-state index in [2.05, 4.69) is 25.3 Å². The fourth-order valence-electron chi connectivity index (χ4n) is 2.79. The fourth-order valence-corrected chi connectivity index (χ4v) is 2.79. The van der Waals surface area contributed by atoms with E-state index in [4.69, 9.17) is 8.94 Å². The molecule has 5 aromatic rings. The molecule has 2 aromatic carbocycles. The number of benzene rings is 2. The zero-order valence-electron chi connectivity index (χ0n) is 14.6. The second-order valence-corrected chi connectivity index (χ2v) is 5.97. The van der Waals surface area contributed by atoms with Gasteiger partial charge < -0.3 is 4.42 Å². The van der Waals surface area contributed by atoms with Crippen molar-refractivity contribution in [1.82, 2.24) is 20.7 Å². The third-order valence-electron chi connectivity index (χ3n) is 4.16. The van der Waals surface area contributed by atoms with E-state index < -0.39 is 11.3 Å². The monoisotopic (exact) mass is 392 g/mol. The molecule has 0 unspecified atom stereocenters. The van der Waals surface area contributed by atoms with Crippen molar-refractivity contribution in [3.63, 3.8) is 0 Å². The summed E-state index contributed by atoms with van der Waals surface area (Å²) in [7, 11) is 0. The lowest BCUT2D eigenvalue weighted by Crippen LogP contribution is -2.36. The van der Waals surface area contributed by atoms with E-state index in [9.17, 15) is 9.59 Å². The normalized spacial score (nSPS) is 11.0. The topological polar surface area (TPSA) is 139 Å². The van der Waals surface area contributed by atoms with Crippen LogP contribution in [0.25, 0.3) is 34.4 Å². The highest BCUT2D eigenvalue weighted by Crippen LogP contribution is 2.21. The highest BCUT2D eigenvalue weighted by atomic mass is 16.5. The summed E-state index contributed by atoms with van der Waals surface area (Å²) < 4.78 is 18.1. The molecule has 0 bridgehead atoms. The van der Waals surface area contributed by atoms with Gasteiger partial charge in [0, 0.05) is 29.8 Å². The third kappa shape index (κ3) is 2.96. The maximum absolute atomic E-state index is 12.2. The summed E-state index contributed by atoms with van der Waals surface area (Å²) in [5, 5.41) is 13.0. The Morgan fingerprint density at radius 1 is 0.793 bits per heavy atom. The SMILES string of the molecule is O=c1c[n+](-c2ccc(-c3nnc(-c4c(=O)o[nH][n+]4-c4ccccc4)o3)cc2)[nH]o1. The number of para-hydroxylation sites is 1. The number of nitrogens with one attached hydrogen (secondary N) is 2. The summed E-state index contributed by atoms with van der Waals surface area (Å²) >= 11 is 0. The van der Waals surface area contributed by atoms with Gasteiger partial charge in [-0.05, 0) is 32.0 Å². The highest BCUT2D eigenvalue weighted by Gasteiger charge is 2.30. The van der Waals surface area contributed by atoms with E-state index in [1.807, 2.05) is 18.2 Å². The first kappa shape index (κ1) is 16.6. The molecule has 0 amide bonds. The van der Waals surface area contributed by atoms with Crippen LogP contribution in [-0.2, 0) is 0 Å². The molecule has 2 N–H and O–H groups in total. The second kappa shape index (κ2) is 6.56. The van der Waals surface area contributed by atoms with Gasteiger partial charge in [0.2, 0.25) is 17.3 Å². The summed E-state index contributed by atoms with van der Waals surface area (Å²) in [6.07, 6.45) is 1.27. The molecule has 11 nitrogen and oxygen atoms in total. The van der Waals surface area contributed by atoms with Crippen molar-refractivity contribution < 1.29 is 22.8 Å². The van der Waals surface area contributed by atoms with Crippen molar-refractivity contribution in [2.75, 3.05) is 0 Å². The van der Waals surface area contributed by atoms with Crippen LogP contribution in [-0.4, -0.2) is 20.7 Å². The first-order chi connectivity index (χ1) is 14.2. The third-order valence-corrected chi connectivity index (χ3v) is 4.16. The molecule has 3 aromatic heterocycles. The lowest BCUT2D eigenvalue weighted by atomic mass is 10.2. The van der Waals surface area contributed by atoms with Crippen LogP contribution in [0.3, 0.4) is 0 Å². The molecule has 0 aliphatic carbocycles. The van der Waals surface area contributed by atoms with Gasteiger partial charge in [0.1, 0.15) is 0 Å². The maximum atomic E-state index is 12.2. The van der Waals surface area contributed by atoms with Gasteiger partial charge in [-0.1, -0.05) is 18.2 Å². The Kier molecular flexibility index (Phi) is 3.76. The van der Waals surface area contributed by atoms with Crippen LogP contribution in [0.5, 0.6) is 0 Å². The molecule has 0 saturated heterocycles. The van der Waals surface area contributed by atoms with Gasteiger partial charge in [-0.25, -0.2) is 9.59 Å². The average Bonchev–Trinajstić information content (AvgIpc) is 3.48. The van der Waals surface area contributed by atoms with Gasteiger partial charge in [-0.3, -0.25) is 9.05 Å². The number of hydrogen-bond acceptors (Lipinski definition) is 7. The summed E-state index contributed by atoms with van der Waals surface area (Å²) in [6.45, 7) is 0. The number of rotatable bonds is 4. The molecular weight excluding hydrogens is 380 g/mol. The number of aromatic amines is 2. The van der Waals surface area contributed by atoms with Crippen LogP contribution in [0.4, 0.5) is 0 Å². The fraction of sp³-hybridized carbons (Fsp3) is 0. The van der Waals surface area contributed by atoms with Crippen molar-refractivity contribution >= 4 is 0 Å². The number of H-pyrrole nitrogens is 2. The maximum Gasteiger partial charge on any atom is 0.441 e. The summed E-state index contributed by atoms with van der Waals surface area (Å²) in [4.78, 5) is 23.3. The van der Waals surface area contributed by atoms with Crippen molar-refractivity contribution in [3.05, 3.63) is 81.6 Å². The smallest absolute Gasteiger partial charge is 0.411 e. The van der Waals surface area contributed by atoms with Crippen molar-refractivity contribution in [3.8, 4) is 34.4 Å². The van der Waals surface area contributed by atoms with Gasteiger partial charge >= 0.3 is 22.8 Å². The highest BCUT2D eigenvalue weighted by molar-refractivity contribution is 5.56. The van der Waals surface area contributed by atoms with E-state index in [1.54, 1.807) is 36.4 Å². The molecule has 3 heterocycles. The van der Waals surface area contributed by atoms with Crippen LogP contribution in [0.1, 0.15) is 0 Å². The molecule has 5 rings (SSSR count). The van der Waals surface area contributed by atoms with Gasteiger partial charge in [-0.2, -0.15) is 0 Å². The molecule has 0 atom stereocenters. The van der Waals surface area contributed by atoms with Crippen molar-refractivity contribution in [2.24, 2.45) is 0 Å².